The van der Waals surface area contributed by atoms with E-state index in [0.29, 0.717) is 23.7 Å². The molecule has 3 amide bonds. The van der Waals surface area contributed by atoms with Crippen LogP contribution in [0.5, 0.6) is 0 Å². The van der Waals surface area contributed by atoms with Gasteiger partial charge in [-0.3, -0.25) is 23.8 Å². The summed E-state index contributed by atoms with van der Waals surface area (Å²) in [4.78, 5) is 42.3. The van der Waals surface area contributed by atoms with Gasteiger partial charge in [0.05, 0.1) is 47.9 Å². The largest absolute Gasteiger partial charge is 0.475 e. The molecule has 1 fully saturated rings. The van der Waals surface area contributed by atoms with E-state index < -0.39 is 62.6 Å². The highest BCUT2D eigenvalue weighted by Gasteiger charge is 2.49. The van der Waals surface area contributed by atoms with Crippen molar-refractivity contribution >= 4 is 38.2 Å². The van der Waals surface area contributed by atoms with Gasteiger partial charge in [-0.2, -0.15) is 9.62 Å². The van der Waals surface area contributed by atoms with E-state index >= 15 is 4.39 Å². The molecule has 0 N–H and O–H groups in total. The van der Waals surface area contributed by atoms with Crippen molar-refractivity contribution < 1.29 is 46.8 Å². The molecule has 44 heavy (non-hydrogen) atoms. The zero-order valence-electron chi connectivity index (χ0n) is 26.0. The third-order valence-electron chi connectivity index (χ3n) is 6.36. The Morgan fingerprint density at radius 3 is 2.34 bits per heavy atom. The minimum Gasteiger partial charge on any atom is -0.442 e. The lowest BCUT2D eigenvalue weighted by Gasteiger charge is -2.39. The number of benzene rings is 1. The molecule has 0 spiro atoms. The molecule has 14 nitrogen and oxygen atoms in total. The van der Waals surface area contributed by atoms with E-state index in [1.54, 1.807) is 58.4 Å². The molecular weight excluding hydrogens is 600 g/mol. The van der Waals surface area contributed by atoms with Crippen LogP contribution in [0.15, 0.2) is 24.4 Å². The Kier molecular flexibility index (Phi) is 9.36. The van der Waals surface area contributed by atoms with Crippen LogP contribution in [-0.2, 0) is 53.0 Å². The van der Waals surface area contributed by atoms with E-state index in [1.807, 2.05) is 18.1 Å². The number of aromatic nitrogens is 2. The standard InChI is InChI=1S/C28H37FN5O9P/c1-17(35)33(25(37)40-28(43-44-38,41-26(2,3)4)42-27(5,6)7)14-20-15-34(24(36)39-20)19-9-10-23(21(29)11-19)32-13-18-12-31(8)30-22(18)16-32/h9-12,20H,13-16H2,1-8H3. The summed E-state index contributed by atoms with van der Waals surface area (Å²) in [6, 6.07) is 4.40. The zero-order chi connectivity index (χ0) is 32.6. The number of hydrogen-bond donors (Lipinski definition) is 0. The Morgan fingerprint density at radius 2 is 1.80 bits per heavy atom. The second-order valence-electron chi connectivity index (χ2n) is 12.5. The van der Waals surface area contributed by atoms with E-state index in [9.17, 15) is 18.9 Å². The average Bonchev–Trinajstić information content (AvgIpc) is 3.52. The second kappa shape index (κ2) is 12.4. The summed E-state index contributed by atoms with van der Waals surface area (Å²) in [5.74, 6) is -1.28. The Hall–Kier alpha value is -3.65. The van der Waals surface area contributed by atoms with Gasteiger partial charge in [0, 0.05) is 32.3 Å². The fourth-order valence-electron chi connectivity index (χ4n) is 4.82. The molecule has 2 aliphatic rings. The van der Waals surface area contributed by atoms with Gasteiger partial charge in [-0.05, 0) is 59.7 Å². The van der Waals surface area contributed by atoms with E-state index in [2.05, 4.69) is 5.10 Å². The summed E-state index contributed by atoms with van der Waals surface area (Å²) >= 11 is 0. The fraction of sp³-hybridized carbons (Fsp3) is 0.571. The van der Waals surface area contributed by atoms with Gasteiger partial charge in [-0.15, -0.1) is 0 Å². The van der Waals surface area contributed by atoms with Crippen molar-refractivity contribution in [1.82, 2.24) is 14.7 Å². The maximum atomic E-state index is 15.2. The third kappa shape index (κ3) is 7.89. The van der Waals surface area contributed by atoms with Crippen molar-refractivity contribution in [3.63, 3.8) is 0 Å². The predicted octanol–water partition coefficient (Wildman–Crippen LogP) is 4.85. The van der Waals surface area contributed by atoms with Crippen LogP contribution in [0, 0.1) is 5.82 Å². The van der Waals surface area contributed by atoms with E-state index in [1.165, 1.54) is 11.0 Å². The highest BCUT2D eigenvalue weighted by Crippen LogP contribution is 2.35. The quantitative estimate of drug-likeness (QED) is 0.275. The smallest absolute Gasteiger partial charge is 0.442 e. The van der Waals surface area contributed by atoms with Crippen LogP contribution in [-0.4, -0.2) is 69.3 Å². The van der Waals surface area contributed by atoms with E-state index in [4.69, 9.17) is 23.5 Å². The summed E-state index contributed by atoms with van der Waals surface area (Å²) in [6.45, 7) is 11.3. The number of ether oxygens (including phenoxy) is 4. The molecule has 1 saturated heterocycles. The van der Waals surface area contributed by atoms with Gasteiger partial charge in [0.15, 0.2) is 0 Å². The maximum absolute atomic E-state index is 15.2. The molecule has 0 saturated carbocycles. The van der Waals surface area contributed by atoms with Crippen LogP contribution in [0.3, 0.4) is 0 Å². The van der Waals surface area contributed by atoms with E-state index in [-0.39, 0.29) is 12.2 Å². The number of imide groups is 1. The number of fused-ring (bicyclic) bond motifs is 1. The third-order valence-corrected chi connectivity index (χ3v) is 6.66. The molecule has 1 aromatic carbocycles. The summed E-state index contributed by atoms with van der Waals surface area (Å²) in [5, 5.41) is 4.39. The minimum absolute atomic E-state index is 0.0910. The van der Waals surface area contributed by atoms with Gasteiger partial charge in [-0.25, -0.2) is 23.4 Å². The van der Waals surface area contributed by atoms with Gasteiger partial charge < -0.3 is 14.4 Å². The van der Waals surface area contributed by atoms with Crippen molar-refractivity contribution in [3.8, 4) is 0 Å². The number of cyclic esters (lactones) is 1. The molecule has 16 heteroatoms. The normalized spacial score (nSPS) is 17.2. The monoisotopic (exact) mass is 637 g/mol. The number of anilines is 2. The first-order valence-corrected chi connectivity index (χ1v) is 14.6. The van der Waals surface area contributed by atoms with Gasteiger partial charge >= 0.3 is 27.0 Å². The topological polar surface area (TPSA) is 142 Å². The molecule has 1 aromatic heterocycles. The van der Waals surface area contributed by atoms with E-state index in [0.717, 1.165) is 18.2 Å². The molecule has 2 aromatic rings. The molecule has 4 rings (SSSR count). The van der Waals surface area contributed by atoms with Gasteiger partial charge in [0.1, 0.15) is 11.9 Å². The second-order valence-corrected chi connectivity index (χ2v) is 12.8. The summed E-state index contributed by atoms with van der Waals surface area (Å²) in [6.07, 6.45) is -3.72. The lowest BCUT2D eigenvalue weighted by Crippen LogP contribution is -2.53. The summed E-state index contributed by atoms with van der Waals surface area (Å²) in [7, 11) is 0.905. The number of rotatable bonds is 9. The van der Waals surface area contributed by atoms with Gasteiger partial charge in [-0.1, -0.05) is 0 Å². The van der Waals surface area contributed by atoms with Crippen molar-refractivity contribution in [3.05, 3.63) is 41.5 Å². The number of carbonyl (C=O) groups is 3. The lowest BCUT2D eigenvalue weighted by atomic mass is 10.2. The molecule has 3 heterocycles. The van der Waals surface area contributed by atoms with Crippen molar-refractivity contribution in [1.29, 1.82) is 0 Å². The van der Waals surface area contributed by atoms with Crippen LogP contribution >= 0.6 is 8.69 Å². The molecule has 1 atom stereocenters. The van der Waals surface area contributed by atoms with Crippen LogP contribution in [0.1, 0.15) is 59.7 Å². The van der Waals surface area contributed by atoms with Crippen molar-refractivity contribution in [2.75, 3.05) is 22.9 Å². The van der Waals surface area contributed by atoms with Crippen LogP contribution in [0.2, 0.25) is 0 Å². The highest BCUT2D eigenvalue weighted by atomic mass is 31.1. The number of nitrogens with zero attached hydrogens (tertiary/aromatic N) is 5. The number of carbonyl (C=O) groups excluding carboxylic acids is 3. The first kappa shape index (κ1) is 33.2. The van der Waals surface area contributed by atoms with Crippen molar-refractivity contribution in [2.24, 2.45) is 7.05 Å². The SMILES string of the molecule is CC(=O)N(CC1CN(c2ccc(N3Cc4cn(C)nc4C3)c(F)c2)C(=O)O1)C(=O)OC(OP=O)(OC(C)(C)C)OC(C)(C)C. The molecule has 0 radical (unpaired) electrons. The Labute approximate surface area is 256 Å². The predicted molar refractivity (Wildman–Crippen MR) is 154 cm³/mol. The number of aryl methyl sites for hydroxylation is 1. The molecular formula is C28H37FN5O9P. The Balaban J connectivity index is 1.46. The maximum Gasteiger partial charge on any atom is 0.475 e. The zero-order valence-corrected chi connectivity index (χ0v) is 26.8. The number of halogens is 1. The van der Waals surface area contributed by atoms with Crippen LogP contribution in [0.4, 0.5) is 25.4 Å². The first-order valence-electron chi connectivity index (χ1n) is 13.8. The van der Waals surface area contributed by atoms with Gasteiger partial charge in [0.2, 0.25) is 5.91 Å². The molecule has 2 aliphatic heterocycles. The summed E-state index contributed by atoms with van der Waals surface area (Å²) in [5.41, 5.74) is 0.468. The fourth-order valence-corrected chi connectivity index (χ4v) is 5.02. The lowest BCUT2D eigenvalue weighted by molar-refractivity contribution is -0.488. The molecule has 0 bridgehead atoms. The average molecular weight is 638 g/mol. The van der Waals surface area contributed by atoms with Crippen molar-refractivity contribution in [2.45, 2.75) is 85.0 Å². The van der Waals surface area contributed by atoms with Crippen LogP contribution < -0.4 is 9.80 Å². The number of amides is 3. The van der Waals surface area contributed by atoms with Crippen LogP contribution in [0.25, 0.3) is 0 Å². The Bertz CT molecular complexity index is 1400. The highest BCUT2D eigenvalue weighted by molar-refractivity contribution is 7.17. The molecule has 1 unspecified atom stereocenters. The molecule has 240 valence electrons. The molecule has 0 aliphatic carbocycles. The summed E-state index contributed by atoms with van der Waals surface area (Å²) < 4.78 is 55.7. The Morgan fingerprint density at radius 1 is 1.14 bits per heavy atom. The number of hydrogen-bond acceptors (Lipinski definition) is 11. The first-order chi connectivity index (χ1) is 20.4. The minimum atomic E-state index is -2.59. The van der Waals surface area contributed by atoms with Gasteiger partial charge in [0.25, 0.3) is 0 Å².